The maximum absolute atomic E-state index is 14.2. The topological polar surface area (TPSA) is 75.2 Å². The largest absolute Gasteiger partial charge is 0.358 e. The molecule has 9 heteroatoms. The number of hydrogen-bond donors (Lipinski definition) is 0. The highest BCUT2D eigenvalue weighted by Gasteiger charge is 2.24. The van der Waals surface area contributed by atoms with E-state index in [0.29, 0.717) is 29.7 Å². The lowest BCUT2D eigenvalue weighted by atomic mass is 10.1. The molecule has 4 heterocycles. The van der Waals surface area contributed by atoms with E-state index in [9.17, 15) is 18.8 Å². The van der Waals surface area contributed by atoms with Crippen molar-refractivity contribution >= 4 is 17.1 Å². The summed E-state index contributed by atoms with van der Waals surface area (Å²) in [6, 6.07) is 5.73. The second-order valence-corrected chi connectivity index (χ2v) is 8.43. The quantitative estimate of drug-likeness (QED) is 0.563. The SMILES string of the molecule is Cc1cc(C(=O)Cn2c(=O)c(F)cn([C@H]3CCCO3)c2=O)c(C)n1Cc1cccs1. The predicted octanol–water partition coefficient (Wildman–Crippen LogP) is 2.87. The highest BCUT2D eigenvalue weighted by atomic mass is 32.1. The summed E-state index contributed by atoms with van der Waals surface area (Å²) >= 11 is 1.63. The molecule has 1 aliphatic heterocycles. The smallest absolute Gasteiger partial charge is 0.333 e. The first-order valence-electron chi connectivity index (χ1n) is 9.72. The van der Waals surface area contributed by atoms with E-state index in [2.05, 4.69) is 0 Å². The van der Waals surface area contributed by atoms with E-state index in [4.69, 9.17) is 4.74 Å². The van der Waals surface area contributed by atoms with Crippen molar-refractivity contribution in [3.05, 3.63) is 78.3 Å². The van der Waals surface area contributed by atoms with Crippen LogP contribution in [0.5, 0.6) is 0 Å². The molecule has 7 nitrogen and oxygen atoms in total. The summed E-state index contributed by atoms with van der Waals surface area (Å²) in [4.78, 5) is 39.2. The van der Waals surface area contributed by atoms with Gasteiger partial charge in [-0.2, -0.15) is 4.39 Å². The first-order chi connectivity index (χ1) is 14.4. The first kappa shape index (κ1) is 20.5. The number of nitrogens with zero attached hydrogens (tertiary/aromatic N) is 3. The van der Waals surface area contributed by atoms with E-state index in [-0.39, 0.29) is 0 Å². The lowest BCUT2D eigenvalue weighted by Crippen LogP contribution is -2.43. The normalized spacial score (nSPS) is 16.3. The zero-order valence-corrected chi connectivity index (χ0v) is 17.6. The molecule has 0 radical (unpaired) electrons. The molecule has 1 aliphatic rings. The minimum absolute atomic E-state index is 0.413. The number of Topliss-reactive ketones (excluding diaryl/α,β-unsaturated/α-hetero) is 1. The van der Waals surface area contributed by atoms with Gasteiger partial charge in [-0.25, -0.2) is 9.36 Å². The minimum atomic E-state index is -1.10. The molecule has 0 spiro atoms. The van der Waals surface area contributed by atoms with Crippen molar-refractivity contribution < 1.29 is 13.9 Å². The highest BCUT2D eigenvalue weighted by Crippen LogP contribution is 2.22. The van der Waals surface area contributed by atoms with Crippen LogP contribution in [0, 0.1) is 19.7 Å². The van der Waals surface area contributed by atoms with Crippen LogP contribution in [0.4, 0.5) is 4.39 Å². The Kier molecular flexibility index (Phi) is 5.57. The summed E-state index contributed by atoms with van der Waals surface area (Å²) < 4.78 is 23.4. The molecular formula is C21H22FN3O4S. The molecule has 1 atom stereocenters. The van der Waals surface area contributed by atoms with Crippen LogP contribution in [0.2, 0.25) is 0 Å². The van der Waals surface area contributed by atoms with E-state index in [1.807, 2.05) is 35.9 Å². The van der Waals surface area contributed by atoms with Crippen LogP contribution in [0.25, 0.3) is 0 Å². The summed E-state index contributed by atoms with van der Waals surface area (Å²) in [5, 5.41) is 1.99. The molecule has 0 amide bonds. The summed E-state index contributed by atoms with van der Waals surface area (Å²) in [7, 11) is 0. The minimum Gasteiger partial charge on any atom is -0.358 e. The van der Waals surface area contributed by atoms with Crippen LogP contribution in [0.1, 0.15) is 45.7 Å². The maximum Gasteiger partial charge on any atom is 0.333 e. The van der Waals surface area contributed by atoms with Crippen LogP contribution in [-0.2, 0) is 17.8 Å². The van der Waals surface area contributed by atoms with E-state index >= 15 is 0 Å². The fourth-order valence-electron chi connectivity index (χ4n) is 3.83. The van der Waals surface area contributed by atoms with Crippen molar-refractivity contribution in [2.24, 2.45) is 0 Å². The van der Waals surface area contributed by atoms with Crippen LogP contribution in [-0.4, -0.2) is 26.1 Å². The number of rotatable bonds is 6. The number of halogens is 1. The molecule has 0 bridgehead atoms. The third-order valence-electron chi connectivity index (χ3n) is 5.44. The van der Waals surface area contributed by atoms with Crippen LogP contribution in [0.15, 0.2) is 39.4 Å². The zero-order chi connectivity index (χ0) is 21.4. The van der Waals surface area contributed by atoms with Gasteiger partial charge in [0.05, 0.1) is 19.3 Å². The molecule has 0 N–H and O–H groups in total. The molecule has 0 saturated carbocycles. The molecular weight excluding hydrogens is 409 g/mol. The summed E-state index contributed by atoms with van der Waals surface area (Å²) in [6.07, 6.45) is 1.54. The fraction of sp³-hybridized carbons (Fsp3) is 0.381. The fourth-order valence-corrected chi connectivity index (χ4v) is 4.52. The van der Waals surface area contributed by atoms with Gasteiger partial charge in [-0.05, 0) is 44.2 Å². The summed E-state index contributed by atoms with van der Waals surface area (Å²) in [5.74, 6) is -1.50. The molecule has 0 aromatic carbocycles. The Morgan fingerprint density at radius 3 is 2.77 bits per heavy atom. The monoisotopic (exact) mass is 431 g/mol. The van der Waals surface area contributed by atoms with Crippen molar-refractivity contribution in [3.63, 3.8) is 0 Å². The second kappa shape index (κ2) is 8.16. The molecule has 3 aromatic rings. The van der Waals surface area contributed by atoms with Gasteiger partial charge in [-0.1, -0.05) is 6.07 Å². The van der Waals surface area contributed by atoms with Gasteiger partial charge in [-0.3, -0.25) is 14.2 Å². The van der Waals surface area contributed by atoms with E-state index in [0.717, 1.165) is 33.4 Å². The van der Waals surface area contributed by atoms with Crippen LogP contribution >= 0.6 is 11.3 Å². The van der Waals surface area contributed by atoms with Crippen molar-refractivity contribution in [1.82, 2.24) is 13.7 Å². The van der Waals surface area contributed by atoms with E-state index < -0.39 is 35.6 Å². The number of ether oxygens (including phenoxy) is 1. The maximum atomic E-state index is 14.2. The summed E-state index contributed by atoms with van der Waals surface area (Å²) in [6.45, 7) is 4.30. The molecule has 4 rings (SSSR count). The second-order valence-electron chi connectivity index (χ2n) is 7.40. The standard InChI is InChI=1S/C21H22FN3O4S/c1-13-9-16(14(2)23(13)10-15-5-4-8-30-15)18(26)12-25-20(27)17(22)11-24(21(25)28)19-6-3-7-29-19/h4-5,8-9,11,19H,3,6-7,10,12H2,1-2H3/t19-/m1/s1. The number of aromatic nitrogens is 3. The van der Waals surface area contributed by atoms with Crippen molar-refractivity contribution in [2.75, 3.05) is 6.61 Å². The molecule has 0 unspecified atom stereocenters. The van der Waals surface area contributed by atoms with Gasteiger partial charge in [-0.15, -0.1) is 11.3 Å². The van der Waals surface area contributed by atoms with Gasteiger partial charge < -0.3 is 9.30 Å². The Labute approximate surface area is 176 Å². The van der Waals surface area contributed by atoms with Crippen molar-refractivity contribution in [2.45, 2.75) is 46.0 Å². The molecule has 1 fully saturated rings. The lowest BCUT2D eigenvalue weighted by Gasteiger charge is -2.15. The van der Waals surface area contributed by atoms with Gasteiger partial charge in [0.1, 0.15) is 6.23 Å². The van der Waals surface area contributed by atoms with Crippen molar-refractivity contribution in [1.29, 1.82) is 0 Å². The summed E-state index contributed by atoms with van der Waals surface area (Å²) in [5.41, 5.74) is 0.217. The Morgan fingerprint density at radius 2 is 2.10 bits per heavy atom. The number of ketones is 1. The molecule has 158 valence electrons. The number of hydrogen-bond acceptors (Lipinski definition) is 5. The number of aryl methyl sites for hydroxylation is 1. The molecule has 0 aliphatic carbocycles. The third kappa shape index (κ3) is 3.70. The number of carbonyl (C=O) groups is 1. The average Bonchev–Trinajstić information content (AvgIpc) is 3.47. The predicted molar refractivity (Wildman–Crippen MR) is 111 cm³/mol. The lowest BCUT2D eigenvalue weighted by molar-refractivity contribution is 0.0501. The first-order valence-corrected chi connectivity index (χ1v) is 10.6. The zero-order valence-electron chi connectivity index (χ0n) is 16.8. The van der Waals surface area contributed by atoms with Gasteiger partial charge in [0.25, 0.3) is 5.56 Å². The Morgan fingerprint density at radius 1 is 1.30 bits per heavy atom. The average molecular weight is 431 g/mol. The van der Waals surface area contributed by atoms with Gasteiger partial charge in [0.2, 0.25) is 5.82 Å². The third-order valence-corrected chi connectivity index (χ3v) is 6.30. The number of thiophene rings is 1. The molecule has 30 heavy (non-hydrogen) atoms. The Balaban J connectivity index is 1.66. The Bertz CT molecular complexity index is 1200. The van der Waals surface area contributed by atoms with E-state index in [1.54, 1.807) is 17.4 Å². The van der Waals surface area contributed by atoms with Crippen LogP contribution < -0.4 is 11.2 Å². The molecule has 3 aromatic heterocycles. The highest BCUT2D eigenvalue weighted by molar-refractivity contribution is 7.09. The Hall–Kier alpha value is -2.78. The van der Waals surface area contributed by atoms with Crippen LogP contribution in [0.3, 0.4) is 0 Å². The molecule has 1 saturated heterocycles. The van der Waals surface area contributed by atoms with Gasteiger partial charge >= 0.3 is 5.69 Å². The number of carbonyl (C=O) groups excluding carboxylic acids is 1. The van der Waals surface area contributed by atoms with Gasteiger partial charge in [0, 0.05) is 28.4 Å². The van der Waals surface area contributed by atoms with Crippen molar-refractivity contribution in [3.8, 4) is 0 Å². The van der Waals surface area contributed by atoms with Gasteiger partial charge in [0.15, 0.2) is 5.78 Å². The van der Waals surface area contributed by atoms with E-state index in [1.165, 1.54) is 0 Å².